The molecule has 0 aliphatic heterocycles. The van der Waals surface area contributed by atoms with Crippen molar-refractivity contribution in [3.05, 3.63) is 42.5 Å². The number of benzene rings is 2. The number of rotatable bonds is 8. The minimum Gasteiger partial charge on any atom is -0.497 e. The number of hydrogen-bond donors (Lipinski definition) is 2. The highest BCUT2D eigenvalue weighted by Crippen LogP contribution is 2.30. The molecule has 1 heterocycles. The van der Waals surface area contributed by atoms with Crippen LogP contribution < -0.4 is 19.5 Å². The lowest BCUT2D eigenvalue weighted by Gasteiger charge is -2.10. The Hall–Kier alpha value is -3.20. The molecule has 1 amide bonds. The van der Waals surface area contributed by atoms with Gasteiger partial charge in [0.25, 0.3) is 0 Å². The summed E-state index contributed by atoms with van der Waals surface area (Å²) in [5, 5.41) is 10.3. The highest BCUT2D eigenvalue weighted by molar-refractivity contribution is 7.99. The third-order valence-electron chi connectivity index (χ3n) is 3.83. The van der Waals surface area contributed by atoms with Gasteiger partial charge in [0.1, 0.15) is 5.75 Å². The first-order valence-corrected chi connectivity index (χ1v) is 9.33. The van der Waals surface area contributed by atoms with E-state index in [1.165, 1.54) is 11.8 Å². The van der Waals surface area contributed by atoms with Gasteiger partial charge in [-0.2, -0.15) is 0 Å². The molecule has 146 valence electrons. The van der Waals surface area contributed by atoms with Crippen molar-refractivity contribution in [2.24, 2.45) is 0 Å². The zero-order valence-electron chi connectivity index (χ0n) is 15.7. The van der Waals surface area contributed by atoms with Gasteiger partial charge in [0, 0.05) is 17.3 Å². The Balaban J connectivity index is 1.57. The molecular formula is C19H20N4O4S. The third kappa shape index (κ3) is 4.74. The predicted octanol–water partition coefficient (Wildman–Crippen LogP) is 3.23. The molecule has 2 aromatic carbocycles. The molecule has 0 radical (unpaired) electrons. The largest absolute Gasteiger partial charge is 0.497 e. The number of thioether (sulfide) groups is 1. The van der Waals surface area contributed by atoms with E-state index in [-0.39, 0.29) is 11.7 Å². The summed E-state index contributed by atoms with van der Waals surface area (Å²) in [6.07, 6.45) is 0. The van der Waals surface area contributed by atoms with Crippen molar-refractivity contribution in [2.45, 2.75) is 5.16 Å². The van der Waals surface area contributed by atoms with Crippen molar-refractivity contribution in [1.82, 2.24) is 15.2 Å². The predicted molar refractivity (Wildman–Crippen MR) is 107 cm³/mol. The molecule has 0 saturated carbocycles. The Morgan fingerprint density at radius 1 is 1.04 bits per heavy atom. The molecule has 0 bridgehead atoms. The number of carbonyl (C=O) groups excluding carboxylic acids is 1. The monoisotopic (exact) mass is 400 g/mol. The molecule has 0 unspecified atom stereocenters. The van der Waals surface area contributed by atoms with Crippen molar-refractivity contribution in [1.29, 1.82) is 0 Å². The van der Waals surface area contributed by atoms with Gasteiger partial charge in [0.2, 0.25) is 11.1 Å². The van der Waals surface area contributed by atoms with E-state index in [0.29, 0.717) is 28.2 Å². The molecule has 0 atom stereocenters. The van der Waals surface area contributed by atoms with Crippen molar-refractivity contribution < 1.29 is 19.0 Å². The first-order chi connectivity index (χ1) is 13.6. The summed E-state index contributed by atoms with van der Waals surface area (Å²) in [5.41, 5.74) is 1.51. The van der Waals surface area contributed by atoms with E-state index in [9.17, 15) is 4.79 Å². The molecule has 3 rings (SSSR count). The number of carbonyl (C=O) groups is 1. The molecule has 2 N–H and O–H groups in total. The first kappa shape index (κ1) is 19.6. The molecule has 8 nitrogen and oxygen atoms in total. The second-order valence-corrected chi connectivity index (χ2v) is 6.54. The van der Waals surface area contributed by atoms with Crippen molar-refractivity contribution in [2.75, 3.05) is 32.4 Å². The van der Waals surface area contributed by atoms with Crippen LogP contribution in [-0.4, -0.2) is 48.2 Å². The van der Waals surface area contributed by atoms with E-state index in [1.807, 2.05) is 24.3 Å². The zero-order chi connectivity index (χ0) is 19.9. The lowest BCUT2D eigenvalue weighted by Crippen LogP contribution is -2.14. The molecule has 0 spiro atoms. The van der Waals surface area contributed by atoms with Gasteiger partial charge < -0.3 is 19.5 Å². The van der Waals surface area contributed by atoms with Crippen LogP contribution in [0.3, 0.4) is 0 Å². The molecule has 0 fully saturated rings. The number of nitrogens with zero attached hydrogens (tertiary/aromatic N) is 2. The smallest absolute Gasteiger partial charge is 0.234 e. The SMILES string of the molecule is COc1ccc(-c2nc(SCC(=O)Nc3ccc(OC)c(OC)c3)n[nH]2)cc1. The van der Waals surface area contributed by atoms with Crippen molar-refractivity contribution >= 4 is 23.4 Å². The van der Waals surface area contributed by atoms with E-state index in [0.717, 1.165) is 11.3 Å². The fourth-order valence-electron chi connectivity index (χ4n) is 2.43. The average Bonchev–Trinajstić information content (AvgIpc) is 3.21. The van der Waals surface area contributed by atoms with Gasteiger partial charge in [-0.25, -0.2) is 4.98 Å². The molecule has 9 heteroatoms. The summed E-state index contributed by atoms with van der Waals surface area (Å²) >= 11 is 1.24. The summed E-state index contributed by atoms with van der Waals surface area (Å²) in [6.45, 7) is 0. The van der Waals surface area contributed by atoms with Crippen LogP contribution in [0.15, 0.2) is 47.6 Å². The summed E-state index contributed by atoms with van der Waals surface area (Å²) < 4.78 is 15.6. The Bertz CT molecular complexity index is 943. The maximum atomic E-state index is 12.2. The second-order valence-electron chi connectivity index (χ2n) is 5.60. The fraction of sp³-hybridized carbons (Fsp3) is 0.211. The number of H-pyrrole nitrogens is 1. The lowest BCUT2D eigenvalue weighted by molar-refractivity contribution is -0.113. The van der Waals surface area contributed by atoms with Crippen LogP contribution in [0, 0.1) is 0 Å². The van der Waals surface area contributed by atoms with Crippen LogP contribution in [0.1, 0.15) is 0 Å². The highest BCUT2D eigenvalue weighted by atomic mass is 32.2. The van der Waals surface area contributed by atoms with E-state index in [1.54, 1.807) is 39.5 Å². The van der Waals surface area contributed by atoms with Crippen LogP contribution in [-0.2, 0) is 4.79 Å². The van der Waals surface area contributed by atoms with Gasteiger partial charge >= 0.3 is 0 Å². The molecule has 1 aromatic heterocycles. The number of anilines is 1. The Morgan fingerprint density at radius 3 is 2.46 bits per heavy atom. The van der Waals surface area contributed by atoms with Gasteiger partial charge in [0.15, 0.2) is 17.3 Å². The molecule has 3 aromatic rings. The third-order valence-corrected chi connectivity index (χ3v) is 4.68. The number of nitrogens with one attached hydrogen (secondary N) is 2. The van der Waals surface area contributed by atoms with E-state index >= 15 is 0 Å². The number of aromatic amines is 1. The van der Waals surface area contributed by atoms with Gasteiger partial charge in [0.05, 0.1) is 27.1 Å². The molecule has 0 saturated heterocycles. The normalized spacial score (nSPS) is 10.4. The minimum atomic E-state index is -0.173. The minimum absolute atomic E-state index is 0.173. The van der Waals surface area contributed by atoms with Gasteiger partial charge in [-0.3, -0.25) is 9.89 Å². The van der Waals surface area contributed by atoms with Gasteiger partial charge in [-0.15, -0.1) is 5.10 Å². The summed E-state index contributed by atoms with van der Waals surface area (Å²) in [4.78, 5) is 16.6. The van der Waals surface area contributed by atoms with Crippen LogP contribution in [0.4, 0.5) is 5.69 Å². The topological polar surface area (TPSA) is 98.4 Å². The number of aromatic nitrogens is 3. The van der Waals surface area contributed by atoms with Gasteiger partial charge in [-0.1, -0.05) is 11.8 Å². The highest BCUT2D eigenvalue weighted by Gasteiger charge is 2.11. The quantitative estimate of drug-likeness (QED) is 0.560. The van der Waals surface area contributed by atoms with Crippen LogP contribution in [0.25, 0.3) is 11.4 Å². The number of ether oxygens (including phenoxy) is 3. The molecule has 0 aliphatic rings. The number of amides is 1. The zero-order valence-corrected chi connectivity index (χ0v) is 16.5. The van der Waals surface area contributed by atoms with Crippen molar-refractivity contribution in [3.63, 3.8) is 0 Å². The number of hydrogen-bond acceptors (Lipinski definition) is 7. The maximum absolute atomic E-state index is 12.2. The Morgan fingerprint density at radius 2 is 1.79 bits per heavy atom. The van der Waals surface area contributed by atoms with Gasteiger partial charge in [-0.05, 0) is 36.4 Å². The maximum Gasteiger partial charge on any atom is 0.234 e. The van der Waals surface area contributed by atoms with Crippen LogP contribution >= 0.6 is 11.8 Å². The lowest BCUT2D eigenvalue weighted by atomic mass is 10.2. The summed E-state index contributed by atoms with van der Waals surface area (Å²) in [5.74, 6) is 2.55. The van der Waals surface area contributed by atoms with Crippen LogP contribution in [0.5, 0.6) is 17.2 Å². The number of methoxy groups -OCH3 is 3. The standard InChI is InChI=1S/C19H20N4O4S/c1-25-14-7-4-12(5-8-14)18-21-19(23-22-18)28-11-17(24)20-13-6-9-15(26-2)16(10-13)27-3/h4-10H,11H2,1-3H3,(H,20,24)(H,21,22,23). The summed E-state index contributed by atoms with van der Waals surface area (Å²) in [6, 6.07) is 12.7. The Kier molecular flexibility index (Phi) is 6.38. The van der Waals surface area contributed by atoms with Crippen molar-refractivity contribution in [3.8, 4) is 28.6 Å². The second kappa shape index (κ2) is 9.14. The van der Waals surface area contributed by atoms with E-state index in [2.05, 4.69) is 20.5 Å². The van der Waals surface area contributed by atoms with Crippen LogP contribution in [0.2, 0.25) is 0 Å². The molecule has 28 heavy (non-hydrogen) atoms. The average molecular weight is 400 g/mol. The van der Waals surface area contributed by atoms with E-state index in [4.69, 9.17) is 14.2 Å². The molecular weight excluding hydrogens is 380 g/mol. The fourth-order valence-corrected chi connectivity index (χ4v) is 3.03. The molecule has 0 aliphatic carbocycles. The summed E-state index contributed by atoms with van der Waals surface area (Å²) in [7, 11) is 4.72. The first-order valence-electron chi connectivity index (χ1n) is 8.34. The Labute approximate surface area is 166 Å². The van der Waals surface area contributed by atoms with E-state index < -0.39 is 0 Å².